The van der Waals surface area contributed by atoms with Crippen LogP contribution in [-0.2, 0) is 12.8 Å². The lowest BCUT2D eigenvalue weighted by Gasteiger charge is -2.16. The SMILES string of the molecule is CNCC(CCc1cccs1)Cc1cccc(C)c1. The summed E-state index contributed by atoms with van der Waals surface area (Å²) in [4.78, 5) is 1.50. The van der Waals surface area contributed by atoms with E-state index in [9.17, 15) is 0 Å². The van der Waals surface area contributed by atoms with E-state index in [0.717, 1.165) is 6.54 Å². The molecule has 0 aliphatic heterocycles. The van der Waals surface area contributed by atoms with Crippen molar-refractivity contribution in [2.45, 2.75) is 26.2 Å². The summed E-state index contributed by atoms with van der Waals surface area (Å²) in [6.07, 6.45) is 3.64. The zero-order valence-corrected chi connectivity index (χ0v) is 12.7. The number of aryl methyl sites for hydroxylation is 2. The first-order valence-electron chi connectivity index (χ1n) is 7.00. The van der Waals surface area contributed by atoms with Gasteiger partial charge in [-0.2, -0.15) is 0 Å². The molecule has 2 heteroatoms. The Morgan fingerprint density at radius 3 is 2.79 bits per heavy atom. The second-order valence-electron chi connectivity index (χ2n) is 5.23. The molecule has 1 aromatic heterocycles. The summed E-state index contributed by atoms with van der Waals surface area (Å²) in [5.74, 6) is 0.717. The van der Waals surface area contributed by atoms with Crippen LogP contribution in [-0.4, -0.2) is 13.6 Å². The van der Waals surface area contributed by atoms with E-state index >= 15 is 0 Å². The molecule has 2 rings (SSSR count). The molecular weight excluding hydrogens is 250 g/mol. The zero-order chi connectivity index (χ0) is 13.5. The van der Waals surface area contributed by atoms with Crippen LogP contribution in [0.3, 0.4) is 0 Å². The Morgan fingerprint density at radius 2 is 2.11 bits per heavy atom. The lowest BCUT2D eigenvalue weighted by Crippen LogP contribution is -2.21. The average molecular weight is 273 g/mol. The molecule has 0 bridgehead atoms. The van der Waals surface area contributed by atoms with Gasteiger partial charge in [0.15, 0.2) is 0 Å². The standard InChI is InChI=1S/C17H23NS/c1-14-5-3-6-15(11-14)12-16(13-18-2)8-9-17-7-4-10-19-17/h3-7,10-11,16,18H,8-9,12-13H2,1-2H3. The summed E-state index contributed by atoms with van der Waals surface area (Å²) in [5.41, 5.74) is 2.82. The van der Waals surface area contributed by atoms with Crippen LogP contribution in [0.2, 0.25) is 0 Å². The van der Waals surface area contributed by atoms with Crippen LogP contribution in [0.4, 0.5) is 0 Å². The molecule has 1 nitrogen and oxygen atoms in total. The second kappa shape index (κ2) is 7.46. The second-order valence-corrected chi connectivity index (χ2v) is 6.27. The Morgan fingerprint density at radius 1 is 1.21 bits per heavy atom. The van der Waals surface area contributed by atoms with E-state index in [1.165, 1.54) is 35.3 Å². The molecule has 1 unspecified atom stereocenters. The summed E-state index contributed by atoms with van der Waals surface area (Å²) in [7, 11) is 2.05. The molecule has 102 valence electrons. The minimum Gasteiger partial charge on any atom is -0.319 e. The minimum absolute atomic E-state index is 0.717. The van der Waals surface area contributed by atoms with Gasteiger partial charge in [0, 0.05) is 4.88 Å². The van der Waals surface area contributed by atoms with E-state index in [-0.39, 0.29) is 0 Å². The van der Waals surface area contributed by atoms with Gasteiger partial charge in [0.05, 0.1) is 0 Å². The van der Waals surface area contributed by atoms with Gasteiger partial charge in [0.1, 0.15) is 0 Å². The molecule has 0 saturated heterocycles. The van der Waals surface area contributed by atoms with E-state index in [4.69, 9.17) is 0 Å². The Labute approximate surface area is 120 Å². The maximum Gasteiger partial charge on any atom is 0.00453 e. The largest absolute Gasteiger partial charge is 0.319 e. The Bertz CT molecular complexity index is 476. The van der Waals surface area contributed by atoms with Gasteiger partial charge in [-0.1, -0.05) is 35.9 Å². The van der Waals surface area contributed by atoms with Gasteiger partial charge in [-0.15, -0.1) is 11.3 Å². The molecule has 0 radical (unpaired) electrons. The van der Waals surface area contributed by atoms with E-state index < -0.39 is 0 Å². The molecular formula is C17H23NS. The van der Waals surface area contributed by atoms with Crippen molar-refractivity contribution in [2.24, 2.45) is 5.92 Å². The van der Waals surface area contributed by atoms with Crippen LogP contribution in [0.5, 0.6) is 0 Å². The topological polar surface area (TPSA) is 12.0 Å². The van der Waals surface area contributed by atoms with E-state index in [1.54, 1.807) is 0 Å². The summed E-state index contributed by atoms with van der Waals surface area (Å²) < 4.78 is 0. The predicted octanol–water partition coefficient (Wildman–Crippen LogP) is 4.07. The first-order valence-corrected chi connectivity index (χ1v) is 7.88. The Balaban J connectivity index is 1.91. The number of benzene rings is 1. The number of hydrogen-bond donors (Lipinski definition) is 1. The summed E-state index contributed by atoms with van der Waals surface area (Å²) in [5, 5.41) is 5.51. The van der Waals surface area contributed by atoms with Gasteiger partial charge >= 0.3 is 0 Å². The van der Waals surface area contributed by atoms with Gasteiger partial charge < -0.3 is 5.32 Å². The molecule has 0 spiro atoms. The van der Waals surface area contributed by atoms with E-state index in [0.29, 0.717) is 5.92 Å². The van der Waals surface area contributed by atoms with Crippen molar-refractivity contribution in [1.29, 1.82) is 0 Å². The normalized spacial score (nSPS) is 12.5. The Hall–Kier alpha value is -1.12. The quantitative estimate of drug-likeness (QED) is 0.802. The van der Waals surface area contributed by atoms with Crippen LogP contribution < -0.4 is 5.32 Å². The molecule has 0 aliphatic rings. The Kier molecular flexibility index (Phi) is 5.62. The molecule has 1 aromatic carbocycles. The fourth-order valence-corrected chi connectivity index (χ4v) is 3.26. The van der Waals surface area contributed by atoms with Crippen molar-refractivity contribution >= 4 is 11.3 Å². The molecule has 0 saturated carbocycles. The first-order chi connectivity index (χ1) is 9.28. The van der Waals surface area contributed by atoms with Crippen LogP contribution in [0.25, 0.3) is 0 Å². The van der Waals surface area contributed by atoms with Crippen molar-refractivity contribution in [3.63, 3.8) is 0 Å². The third-order valence-corrected chi connectivity index (χ3v) is 4.41. The molecule has 0 fully saturated rings. The van der Waals surface area contributed by atoms with E-state index in [2.05, 4.69) is 54.0 Å². The molecule has 2 aromatic rings. The lowest BCUT2D eigenvalue weighted by atomic mass is 9.93. The van der Waals surface area contributed by atoms with Crippen molar-refractivity contribution in [3.8, 4) is 0 Å². The molecule has 0 amide bonds. The van der Waals surface area contributed by atoms with Crippen molar-refractivity contribution < 1.29 is 0 Å². The van der Waals surface area contributed by atoms with Crippen molar-refractivity contribution in [3.05, 3.63) is 57.8 Å². The van der Waals surface area contributed by atoms with Gasteiger partial charge in [0.25, 0.3) is 0 Å². The van der Waals surface area contributed by atoms with Gasteiger partial charge in [-0.3, -0.25) is 0 Å². The van der Waals surface area contributed by atoms with Crippen LogP contribution in [0.15, 0.2) is 41.8 Å². The van der Waals surface area contributed by atoms with Gasteiger partial charge in [-0.25, -0.2) is 0 Å². The highest BCUT2D eigenvalue weighted by atomic mass is 32.1. The average Bonchev–Trinajstić information content (AvgIpc) is 2.89. The third-order valence-electron chi connectivity index (χ3n) is 3.48. The highest BCUT2D eigenvalue weighted by Crippen LogP contribution is 2.18. The smallest absolute Gasteiger partial charge is 0.00453 e. The van der Waals surface area contributed by atoms with Crippen LogP contribution >= 0.6 is 11.3 Å². The lowest BCUT2D eigenvalue weighted by molar-refractivity contribution is 0.462. The van der Waals surface area contributed by atoms with E-state index in [1.807, 2.05) is 18.4 Å². The maximum atomic E-state index is 3.34. The zero-order valence-electron chi connectivity index (χ0n) is 11.9. The number of rotatable bonds is 7. The van der Waals surface area contributed by atoms with Gasteiger partial charge in [0.2, 0.25) is 0 Å². The number of thiophene rings is 1. The maximum absolute atomic E-state index is 3.34. The van der Waals surface area contributed by atoms with Crippen molar-refractivity contribution in [1.82, 2.24) is 5.32 Å². The minimum atomic E-state index is 0.717. The molecule has 1 atom stereocenters. The number of hydrogen-bond acceptors (Lipinski definition) is 2. The van der Waals surface area contributed by atoms with Gasteiger partial charge in [-0.05, 0) is 62.7 Å². The summed E-state index contributed by atoms with van der Waals surface area (Å²) >= 11 is 1.87. The fourth-order valence-electron chi connectivity index (χ4n) is 2.54. The monoisotopic (exact) mass is 273 g/mol. The molecule has 19 heavy (non-hydrogen) atoms. The highest BCUT2D eigenvalue weighted by Gasteiger charge is 2.10. The molecule has 0 aliphatic carbocycles. The predicted molar refractivity (Wildman–Crippen MR) is 84.9 cm³/mol. The molecule has 1 N–H and O–H groups in total. The fraction of sp³-hybridized carbons (Fsp3) is 0.412. The summed E-state index contributed by atoms with van der Waals surface area (Å²) in [6, 6.07) is 13.3. The third kappa shape index (κ3) is 4.81. The summed E-state index contributed by atoms with van der Waals surface area (Å²) in [6.45, 7) is 3.27. The van der Waals surface area contributed by atoms with Crippen LogP contribution in [0.1, 0.15) is 22.4 Å². The first kappa shape index (κ1) is 14.3. The number of nitrogens with one attached hydrogen (secondary N) is 1. The highest BCUT2D eigenvalue weighted by molar-refractivity contribution is 7.09. The van der Waals surface area contributed by atoms with Crippen molar-refractivity contribution in [2.75, 3.05) is 13.6 Å². The van der Waals surface area contributed by atoms with Crippen LogP contribution in [0, 0.1) is 12.8 Å². The molecule has 1 heterocycles.